The Morgan fingerprint density at radius 2 is 2.08 bits per heavy atom. The Labute approximate surface area is 73.9 Å². The van der Waals surface area contributed by atoms with Gasteiger partial charge in [-0.15, -0.1) is 0 Å². The first kappa shape index (κ1) is 9.96. The first-order chi connectivity index (χ1) is 5.75. The summed E-state index contributed by atoms with van der Waals surface area (Å²) in [4.78, 5) is 0. The minimum absolute atomic E-state index is 0.216. The summed E-state index contributed by atoms with van der Waals surface area (Å²) in [6.07, 6.45) is 1.72. The minimum Gasteiger partial charge on any atom is -0.393 e. The average Bonchev–Trinajstić information content (AvgIpc) is 2.17. The molecule has 0 bridgehead atoms. The molecule has 2 unspecified atom stereocenters. The molecule has 0 radical (unpaired) electrons. The molecule has 3 heteroatoms. The SMILES string of the molecule is CC(CN)C(O)C1CCOCC1. The van der Waals surface area contributed by atoms with E-state index < -0.39 is 0 Å². The Hall–Kier alpha value is -0.120. The molecule has 0 saturated carbocycles. The van der Waals surface area contributed by atoms with Gasteiger partial charge in [-0.2, -0.15) is 0 Å². The molecule has 1 fully saturated rings. The van der Waals surface area contributed by atoms with E-state index in [1.54, 1.807) is 0 Å². The Balaban J connectivity index is 2.33. The van der Waals surface area contributed by atoms with Gasteiger partial charge >= 0.3 is 0 Å². The van der Waals surface area contributed by atoms with Crippen molar-refractivity contribution in [3.05, 3.63) is 0 Å². The van der Waals surface area contributed by atoms with E-state index in [-0.39, 0.29) is 12.0 Å². The first-order valence-electron chi connectivity index (χ1n) is 4.71. The van der Waals surface area contributed by atoms with Gasteiger partial charge in [-0.1, -0.05) is 6.92 Å². The monoisotopic (exact) mass is 173 g/mol. The summed E-state index contributed by atoms with van der Waals surface area (Å²) < 4.78 is 5.22. The van der Waals surface area contributed by atoms with Crippen molar-refractivity contribution in [1.29, 1.82) is 0 Å². The molecule has 2 atom stereocenters. The third-order valence-corrected chi connectivity index (χ3v) is 2.70. The largest absolute Gasteiger partial charge is 0.393 e. The van der Waals surface area contributed by atoms with Crippen molar-refractivity contribution in [3.8, 4) is 0 Å². The summed E-state index contributed by atoms with van der Waals surface area (Å²) in [6.45, 7) is 4.15. The molecular formula is C9H19NO2. The molecule has 1 rings (SSSR count). The van der Waals surface area contributed by atoms with Gasteiger partial charge in [0, 0.05) is 13.2 Å². The van der Waals surface area contributed by atoms with Gasteiger partial charge in [0.25, 0.3) is 0 Å². The van der Waals surface area contributed by atoms with E-state index >= 15 is 0 Å². The van der Waals surface area contributed by atoms with Gasteiger partial charge in [-0.3, -0.25) is 0 Å². The number of nitrogens with two attached hydrogens (primary N) is 1. The van der Waals surface area contributed by atoms with E-state index in [1.807, 2.05) is 6.92 Å². The molecule has 0 aromatic carbocycles. The van der Waals surface area contributed by atoms with Crippen LogP contribution in [0.2, 0.25) is 0 Å². The number of aliphatic hydroxyl groups is 1. The molecule has 0 aromatic rings. The van der Waals surface area contributed by atoms with Crippen LogP contribution in [0.4, 0.5) is 0 Å². The average molecular weight is 173 g/mol. The maximum absolute atomic E-state index is 9.81. The van der Waals surface area contributed by atoms with E-state index in [0.717, 1.165) is 26.1 Å². The maximum atomic E-state index is 9.81. The standard InChI is InChI=1S/C9H19NO2/c1-7(6-10)9(11)8-2-4-12-5-3-8/h7-9,11H,2-6,10H2,1H3. The molecule has 1 saturated heterocycles. The number of aliphatic hydroxyl groups excluding tert-OH is 1. The molecular weight excluding hydrogens is 154 g/mol. The summed E-state index contributed by atoms with van der Waals surface area (Å²) in [5.41, 5.74) is 5.49. The second-order valence-corrected chi connectivity index (χ2v) is 3.65. The summed E-state index contributed by atoms with van der Waals surface area (Å²) >= 11 is 0. The predicted molar refractivity (Wildman–Crippen MR) is 47.8 cm³/mol. The normalized spacial score (nSPS) is 25.2. The number of hydrogen-bond donors (Lipinski definition) is 2. The van der Waals surface area contributed by atoms with Crippen molar-refractivity contribution in [2.45, 2.75) is 25.9 Å². The van der Waals surface area contributed by atoms with Crippen molar-refractivity contribution >= 4 is 0 Å². The van der Waals surface area contributed by atoms with Crippen molar-refractivity contribution in [1.82, 2.24) is 0 Å². The van der Waals surface area contributed by atoms with Crippen LogP contribution in [-0.2, 0) is 4.74 Å². The zero-order valence-corrected chi connectivity index (χ0v) is 7.70. The number of rotatable bonds is 3. The van der Waals surface area contributed by atoms with Crippen molar-refractivity contribution in [3.63, 3.8) is 0 Å². The fraction of sp³-hybridized carbons (Fsp3) is 1.00. The van der Waals surface area contributed by atoms with Crippen LogP contribution in [0.1, 0.15) is 19.8 Å². The van der Waals surface area contributed by atoms with E-state index in [9.17, 15) is 5.11 Å². The summed E-state index contributed by atoms with van der Waals surface area (Å²) in [5, 5.41) is 9.81. The lowest BCUT2D eigenvalue weighted by Crippen LogP contribution is -2.35. The summed E-state index contributed by atoms with van der Waals surface area (Å²) in [6, 6.07) is 0. The van der Waals surface area contributed by atoms with Crippen molar-refractivity contribution in [2.75, 3.05) is 19.8 Å². The molecule has 1 aliphatic rings. The van der Waals surface area contributed by atoms with Crippen LogP contribution in [0.25, 0.3) is 0 Å². The Bertz CT molecular complexity index is 124. The second kappa shape index (κ2) is 4.80. The molecule has 0 spiro atoms. The zero-order valence-electron chi connectivity index (χ0n) is 7.70. The Morgan fingerprint density at radius 3 is 2.58 bits per heavy atom. The molecule has 72 valence electrons. The van der Waals surface area contributed by atoms with E-state index in [1.165, 1.54) is 0 Å². The van der Waals surface area contributed by atoms with Crippen LogP contribution >= 0.6 is 0 Å². The maximum Gasteiger partial charge on any atom is 0.0607 e. The fourth-order valence-corrected chi connectivity index (χ4v) is 1.66. The van der Waals surface area contributed by atoms with E-state index in [2.05, 4.69) is 0 Å². The third kappa shape index (κ3) is 2.44. The van der Waals surface area contributed by atoms with Crippen molar-refractivity contribution in [2.24, 2.45) is 17.6 Å². The Kier molecular flexibility index (Phi) is 3.98. The van der Waals surface area contributed by atoms with Gasteiger partial charge < -0.3 is 15.6 Å². The van der Waals surface area contributed by atoms with Crippen LogP contribution in [0.3, 0.4) is 0 Å². The van der Waals surface area contributed by atoms with Gasteiger partial charge in [0.15, 0.2) is 0 Å². The van der Waals surface area contributed by atoms with E-state index in [0.29, 0.717) is 12.5 Å². The summed E-state index contributed by atoms with van der Waals surface area (Å²) in [7, 11) is 0. The molecule has 1 aliphatic heterocycles. The molecule has 1 heterocycles. The Morgan fingerprint density at radius 1 is 1.50 bits per heavy atom. The zero-order chi connectivity index (χ0) is 8.97. The molecule has 0 aliphatic carbocycles. The molecule has 12 heavy (non-hydrogen) atoms. The molecule has 3 N–H and O–H groups in total. The van der Waals surface area contributed by atoms with Crippen LogP contribution in [0.5, 0.6) is 0 Å². The second-order valence-electron chi connectivity index (χ2n) is 3.65. The van der Waals surface area contributed by atoms with Crippen LogP contribution in [-0.4, -0.2) is 31.0 Å². The van der Waals surface area contributed by atoms with Gasteiger partial charge in [-0.05, 0) is 31.2 Å². The topological polar surface area (TPSA) is 55.5 Å². The van der Waals surface area contributed by atoms with Gasteiger partial charge in [-0.25, -0.2) is 0 Å². The van der Waals surface area contributed by atoms with Gasteiger partial charge in [0.05, 0.1) is 6.10 Å². The molecule has 3 nitrogen and oxygen atoms in total. The minimum atomic E-state index is -0.237. The fourth-order valence-electron chi connectivity index (χ4n) is 1.66. The highest BCUT2D eigenvalue weighted by Crippen LogP contribution is 2.22. The van der Waals surface area contributed by atoms with Gasteiger partial charge in [0.2, 0.25) is 0 Å². The lowest BCUT2D eigenvalue weighted by Gasteiger charge is -2.29. The molecule has 0 amide bonds. The quantitative estimate of drug-likeness (QED) is 0.648. The number of ether oxygens (including phenoxy) is 1. The van der Waals surface area contributed by atoms with Crippen LogP contribution in [0.15, 0.2) is 0 Å². The highest BCUT2D eigenvalue weighted by Gasteiger charge is 2.25. The smallest absolute Gasteiger partial charge is 0.0607 e. The first-order valence-corrected chi connectivity index (χ1v) is 4.71. The van der Waals surface area contributed by atoms with Crippen molar-refractivity contribution < 1.29 is 9.84 Å². The lowest BCUT2D eigenvalue weighted by molar-refractivity contribution is -0.0121. The third-order valence-electron chi connectivity index (χ3n) is 2.70. The lowest BCUT2D eigenvalue weighted by atomic mass is 9.87. The molecule has 0 aromatic heterocycles. The van der Waals surface area contributed by atoms with Crippen LogP contribution < -0.4 is 5.73 Å². The summed E-state index contributed by atoms with van der Waals surface area (Å²) in [5.74, 6) is 0.616. The highest BCUT2D eigenvalue weighted by molar-refractivity contribution is 4.76. The predicted octanol–water partition coefficient (Wildman–Crippen LogP) is 0.369. The van der Waals surface area contributed by atoms with E-state index in [4.69, 9.17) is 10.5 Å². The van der Waals surface area contributed by atoms with Gasteiger partial charge in [0.1, 0.15) is 0 Å². The number of hydrogen-bond acceptors (Lipinski definition) is 3. The highest BCUT2D eigenvalue weighted by atomic mass is 16.5. The van der Waals surface area contributed by atoms with Crippen LogP contribution in [0, 0.1) is 11.8 Å².